The van der Waals surface area contributed by atoms with E-state index in [1.807, 2.05) is 0 Å². The molecule has 7 heteroatoms. The summed E-state index contributed by atoms with van der Waals surface area (Å²) in [5.41, 5.74) is 5.30. The predicted octanol–water partition coefficient (Wildman–Crippen LogP) is -0.626. The van der Waals surface area contributed by atoms with Crippen LogP contribution in [0.3, 0.4) is 0 Å². The molecule has 0 radical (unpaired) electrons. The van der Waals surface area contributed by atoms with E-state index >= 15 is 0 Å². The summed E-state index contributed by atoms with van der Waals surface area (Å²) in [6, 6.07) is -0.0986. The molecule has 0 aromatic heterocycles. The van der Waals surface area contributed by atoms with Crippen molar-refractivity contribution in [1.29, 1.82) is 0 Å². The van der Waals surface area contributed by atoms with Crippen molar-refractivity contribution >= 4 is 11.9 Å². The number of hydrogen-bond acceptors (Lipinski definition) is 4. The van der Waals surface area contributed by atoms with Gasteiger partial charge in [0.25, 0.3) is 0 Å². The van der Waals surface area contributed by atoms with Crippen LogP contribution in [0.4, 0.5) is 4.79 Å². The molecule has 2 amide bonds. The third-order valence-corrected chi connectivity index (χ3v) is 1.90. The number of nitrogens with zero attached hydrogens (tertiary/aromatic N) is 2. The molecule has 5 N–H and O–H groups in total. The number of amidine groups is 1. The van der Waals surface area contributed by atoms with Crippen LogP contribution in [0.1, 0.15) is 12.8 Å². The summed E-state index contributed by atoms with van der Waals surface area (Å²) in [6.45, 7) is 2.06. The molecule has 0 aliphatic heterocycles. The van der Waals surface area contributed by atoms with Gasteiger partial charge in [-0.1, -0.05) is 5.16 Å². The smallest absolute Gasteiger partial charge is 0.316 e. The normalized spacial score (nSPS) is 11.2. The van der Waals surface area contributed by atoms with Crippen molar-refractivity contribution in [2.24, 2.45) is 10.9 Å². The quantitative estimate of drug-likeness (QED) is 0.154. The molecule has 0 saturated carbocycles. The molecule has 0 saturated heterocycles. The Hall–Kier alpha value is -1.50. The van der Waals surface area contributed by atoms with E-state index in [2.05, 4.69) is 15.8 Å². The highest BCUT2D eigenvalue weighted by Crippen LogP contribution is 1.85. The van der Waals surface area contributed by atoms with E-state index in [4.69, 9.17) is 10.9 Å². The van der Waals surface area contributed by atoms with Gasteiger partial charge in [0.2, 0.25) is 0 Å². The van der Waals surface area contributed by atoms with Crippen LogP contribution in [0.5, 0.6) is 0 Å². The van der Waals surface area contributed by atoms with Crippen LogP contribution in [0, 0.1) is 0 Å². The van der Waals surface area contributed by atoms with Gasteiger partial charge in [-0.05, 0) is 13.0 Å². The van der Waals surface area contributed by atoms with Crippen molar-refractivity contribution in [2.75, 3.05) is 33.7 Å². The van der Waals surface area contributed by atoms with Gasteiger partial charge < -0.3 is 26.5 Å². The van der Waals surface area contributed by atoms with Gasteiger partial charge in [-0.2, -0.15) is 0 Å². The lowest BCUT2D eigenvalue weighted by Gasteiger charge is -2.12. The maximum Gasteiger partial charge on any atom is 0.316 e. The molecule has 0 bridgehead atoms. The SMILES string of the molecule is CN(C)C(=O)NCCNCCCC(N)=NO. The molecule has 0 heterocycles. The molecule has 0 atom stereocenters. The molecule has 0 aromatic carbocycles. The summed E-state index contributed by atoms with van der Waals surface area (Å²) < 4.78 is 0. The Morgan fingerprint density at radius 1 is 1.38 bits per heavy atom. The minimum atomic E-state index is -0.0986. The molecule has 94 valence electrons. The third-order valence-electron chi connectivity index (χ3n) is 1.90. The first-order valence-corrected chi connectivity index (χ1v) is 5.20. The number of urea groups is 1. The molecule has 0 fully saturated rings. The number of carbonyl (C=O) groups is 1. The Labute approximate surface area is 95.7 Å². The number of hydrogen-bond donors (Lipinski definition) is 4. The average Bonchev–Trinajstić information content (AvgIpc) is 2.26. The van der Waals surface area contributed by atoms with E-state index in [9.17, 15) is 4.79 Å². The summed E-state index contributed by atoms with van der Waals surface area (Å²) >= 11 is 0. The standard InChI is InChI=1S/C9H21N5O2/c1-14(2)9(15)12-7-6-11-5-3-4-8(10)13-16/h11,16H,3-7H2,1-2H3,(H2,10,13)(H,12,15). The van der Waals surface area contributed by atoms with Gasteiger partial charge in [0, 0.05) is 33.6 Å². The van der Waals surface area contributed by atoms with Crippen molar-refractivity contribution in [1.82, 2.24) is 15.5 Å². The van der Waals surface area contributed by atoms with Crippen molar-refractivity contribution in [3.05, 3.63) is 0 Å². The van der Waals surface area contributed by atoms with Gasteiger partial charge >= 0.3 is 6.03 Å². The fourth-order valence-corrected chi connectivity index (χ4v) is 0.985. The lowest BCUT2D eigenvalue weighted by Crippen LogP contribution is -2.38. The zero-order valence-corrected chi connectivity index (χ0v) is 9.86. The molecular weight excluding hydrogens is 210 g/mol. The van der Waals surface area contributed by atoms with E-state index in [1.54, 1.807) is 14.1 Å². The Morgan fingerprint density at radius 3 is 2.62 bits per heavy atom. The first-order chi connectivity index (χ1) is 7.57. The summed E-state index contributed by atoms with van der Waals surface area (Å²) in [5.74, 6) is 0.239. The number of carbonyl (C=O) groups excluding carboxylic acids is 1. The topological polar surface area (TPSA) is 103 Å². The van der Waals surface area contributed by atoms with Crippen LogP contribution in [0.25, 0.3) is 0 Å². The second kappa shape index (κ2) is 8.78. The van der Waals surface area contributed by atoms with Crippen LogP contribution in [-0.4, -0.2) is 55.7 Å². The van der Waals surface area contributed by atoms with E-state index in [-0.39, 0.29) is 11.9 Å². The minimum Gasteiger partial charge on any atom is -0.409 e. The zero-order chi connectivity index (χ0) is 12.4. The van der Waals surface area contributed by atoms with Crippen molar-refractivity contribution < 1.29 is 10.0 Å². The third kappa shape index (κ3) is 7.86. The average molecular weight is 231 g/mol. The maximum atomic E-state index is 11.1. The molecule has 0 aliphatic carbocycles. The molecule has 16 heavy (non-hydrogen) atoms. The largest absolute Gasteiger partial charge is 0.409 e. The molecule has 0 aromatic rings. The van der Waals surface area contributed by atoms with E-state index < -0.39 is 0 Å². The lowest BCUT2D eigenvalue weighted by atomic mass is 10.3. The molecule has 0 spiro atoms. The highest BCUT2D eigenvalue weighted by Gasteiger charge is 2.00. The van der Waals surface area contributed by atoms with Crippen LogP contribution < -0.4 is 16.4 Å². The Kier molecular flexibility index (Phi) is 7.96. The van der Waals surface area contributed by atoms with Gasteiger partial charge in [-0.15, -0.1) is 0 Å². The van der Waals surface area contributed by atoms with E-state index in [1.165, 1.54) is 4.90 Å². The molecule has 0 aliphatic rings. The summed E-state index contributed by atoms with van der Waals surface area (Å²) in [4.78, 5) is 12.6. The summed E-state index contributed by atoms with van der Waals surface area (Å²) in [5, 5.41) is 17.0. The van der Waals surface area contributed by atoms with Gasteiger partial charge in [0.1, 0.15) is 5.84 Å². The molecule has 0 unspecified atom stereocenters. The van der Waals surface area contributed by atoms with Crippen LogP contribution in [-0.2, 0) is 0 Å². The van der Waals surface area contributed by atoms with Crippen LogP contribution >= 0.6 is 0 Å². The van der Waals surface area contributed by atoms with E-state index in [0.717, 1.165) is 13.0 Å². The number of rotatable bonds is 7. The van der Waals surface area contributed by atoms with Crippen molar-refractivity contribution in [3.63, 3.8) is 0 Å². The Morgan fingerprint density at radius 2 is 2.06 bits per heavy atom. The Bertz CT molecular complexity index is 230. The van der Waals surface area contributed by atoms with Gasteiger partial charge in [-0.3, -0.25) is 0 Å². The first kappa shape index (κ1) is 14.5. The fraction of sp³-hybridized carbons (Fsp3) is 0.778. The lowest BCUT2D eigenvalue weighted by molar-refractivity contribution is 0.217. The van der Waals surface area contributed by atoms with Crippen LogP contribution in [0.15, 0.2) is 5.16 Å². The van der Waals surface area contributed by atoms with Crippen LogP contribution in [0.2, 0.25) is 0 Å². The second-order valence-electron chi connectivity index (χ2n) is 3.57. The van der Waals surface area contributed by atoms with Gasteiger partial charge in [0.15, 0.2) is 0 Å². The highest BCUT2D eigenvalue weighted by molar-refractivity contribution is 5.79. The Balaban J connectivity index is 3.25. The first-order valence-electron chi connectivity index (χ1n) is 5.20. The van der Waals surface area contributed by atoms with Gasteiger partial charge in [0.05, 0.1) is 0 Å². The molecule has 7 nitrogen and oxygen atoms in total. The number of amides is 2. The zero-order valence-electron chi connectivity index (χ0n) is 9.86. The second-order valence-corrected chi connectivity index (χ2v) is 3.57. The summed E-state index contributed by atoms with van der Waals surface area (Å²) in [7, 11) is 3.39. The van der Waals surface area contributed by atoms with Gasteiger partial charge in [-0.25, -0.2) is 4.79 Å². The summed E-state index contributed by atoms with van der Waals surface area (Å²) in [6.07, 6.45) is 1.37. The highest BCUT2D eigenvalue weighted by atomic mass is 16.4. The molecular formula is C9H21N5O2. The van der Waals surface area contributed by atoms with Crippen molar-refractivity contribution in [3.8, 4) is 0 Å². The monoisotopic (exact) mass is 231 g/mol. The maximum absolute atomic E-state index is 11.1. The predicted molar refractivity (Wildman–Crippen MR) is 62.6 cm³/mol. The molecule has 0 rings (SSSR count). The fourth-order valence-electron chi connectivity index (χ4n) is 0.985. The van der Waals surface area contributed by atoms with E-state index in [0.29, 0.717) is 19.5 Å². The number of oxime groups is 1. The minimum absolute atomic E-state index is 0.0986. The number of nitrogens with one attached hydrogen (secondary N) is 2. The van der Waals surface area contributed by atoms with Crippen molar-refractivity contribution in [2.45, 2.75) is 12.8 Å². The number of nitrogens with two attached hydrogens (primary N) is 1.